The topological polar surface area (TPSA) is 100 Å². The molecule has 0 aliphatic carbocycles. The molecule has 0 amide bonds. The van der Waals surface area contributed by atoms with Gasteiger partial charge in [0.15, 0.2) is 0 Å². The number of fused-ring (bicyclic) bond motifs is 8. The van der Waals surface area contributed by atoms with Crippen LogP contribution in [0.2, 0.25) is 0 Å². The van der Waals surface area contributed by atoms with E-state index in [0.717, 1.165) is 56.0 Å². The van der Waals surface area contributed by atoms with Crippen LogP contribution < -0.4 is 0 Å². The van der Waals surface area contributed by atoms with Crippen LogP contribution in [-0.2, 0) is 17.1 Å². The molecule has 0 radical (unpaired) electrons. The summed E-state index contributed by atoms with van der Waals surface area (Å²) in [6.45, 7) is 0. The van der Waals surface area contributed by atoms with Crippen LogP contribution in [0.4, 0.5) is 5.69 Å². The molecule has 3 aromatic heterocycles. The molecule has 2 aliphatic heterocycles. The number of hydrogen-bond acceptors (Lipinski definition) is 4. The van der Waals surface area contributed by atoms with Crippen LogP contribution in [-0.4, -0.2) is 24.9 Å². The van der Waals surface area contributed by atoms with Gasteiger partial charge in [-0.05, 0) is 84.5 Å². The molecule has 7 nitrogen and oxygen atoms in total. The standard InChI is InChI=1S/C26H17N5O2.Fe/c32-31(33)24-9-1-16(2-10-24)25-14-23-13-21-6-5-19(28-21)11-17-3-4-18(27-17)12-20-7-8-22(29-20)15-26(25)30-23;/h1-15,28-29H;. The van der Waals surface area contributed by atoms with Crippen molar-refractivity contribution < 1.29 is 22.0 Å². The van der Waals surface area contributed by atoms with E-state index >= 15 is 0 Å². The molecule has 0 saturated heterocycles. The number of nitro benzene ring substituents is 1. The molecule has 4 aromatic rings. The molecule has 2 aliphatic rings. The summed E-state index contributed by atoms with van der Waals surface area (Å²) in [5.74, 6) is 0. The SMILES string of the molecule is O=[N+]([O-])c1ccc(C2=Cc3cc4ccc(cc5nc(cc6ccc(cc2n3)[nH]6)C=C5)[nH]4)cc1.[Fe]. The summed E-state index contributed by atoms with van der Waals surface area (Å²) in [6, 6.07) is 22.5. The molecule has 0 unspecified atom stereocenters. The molecule has 0 atom stereocenters. The van der Waals surface area contributed by atoms with Crippen molar-refractivity contribution in [3.05, 3.63) is 111 Å². The quantitative estimate of drug-likeness (QED) is 0.178. The maximum absolute atomic E-state index is 11.1. The van der Waals surface area contributed by atoms with Crippen LogP contribution in [0.25, 0.3) is 45.9 Å². The predicted octanol–water partition coefficient (Wildman–Crippen LogP) is 5.98. The number of non-ortho nitro benzene ring substituents is 1. The molecule has 8 bridgehead atoms. The Kier molecular flexibility index (Phi) is 5.45. The van der Waals surface area contributed by atoms with Crippen LogP contribution in [0.3, 0.4) is 0 Å². The summed E-state index contributed by atoms with van der Waals surface area (Å²) in [6.07, 6.45) is 5.97. The molecule has 34 heavy (non-hydrogen) atoms. The number of nitro groups is 1. The van der Waals surface area contributed by atoms with Crippen LogP contribution in [0.1, 0.15) is 28.3 Å². The van der Waals surface area contributed by atoms with E-state index in [4.69, 9.17) is 4.98 Å². The van der Waals surface area contributed by atoms with Gasteiger partial charge >= 0.3 is 0 Å². The number of H-pyrrole nitrogens is 2. The van der Waals surface area contributed by atoms with Gasteiger partial charge in [0.25, 0.3) is 5.69 Å². The van der Waals surface area contributed by atoms with Crippen LogP contribution in [0, 0.1) is 10.1 Å². The monoisotopic (exact) mass is 487 g/mol. The van der Waals surface area contributed by atoms with Crippen LogP contribution >= 0.6 is 0 Å². The van der Waals surface area contributed by atoms with Crippen molar-refractivity contribution in [3.8, 4) is 0 Å². The van der Waals surface area contributed by atoms with Gasteiger partial charge in [-0.15, -0.1) is 0 Å². The molecule has 166 valence electrons. The Labute approximate surface area is 204 Å². The minimum atomic E-state index is -0.396. The zero-order valence-electron chi connectivity index (χ0n) is 17.7. The van der Waals surface area contributed by atoms with Gasteiger partial charge in [-0.25, -0.2) is 9.97 Å². The van der Waals surface area contributed by atoms with E-state index in [1.54, 1.807) is 12.1 Å². The fourth-order valence-electron chi connectivity index (χ4n) is 4.01. The maximum atomic E-state index is 11.1. The molecule has 6 rings (SSSR count). The number of nitrogens with zero attached hydrogens (tertiary/aromatic N) is 3. The summed E-state index contributed by atoms with van der Waals surface area (Å²) in [7, 11) is 0. The second-order valence-corrected chi connectivity index (χ2v) is 7.89. The molecule has 0 fully saturated rings. The fourth-order valence-corrected chi connectivity index (χ4v) is 4.01. The molecular weight excluding hydrogens is 470 g/mol. The van der Waals surface area contributed by atoms with Gasteiger partial charge in [0.2, 0.25) is 0 Å². The van der Waals surface area contributed by atoms with Gasteiger partial charge in [0.05, 0.1) is 27.7 Å². The predicted molar refractivity (Wildman–Crippen MR) is 130 cm³/mol. The van der Waals surface area contributed by atoms with Crippen molar-refractivity contribution in [2.45, 2.75) is 0 Å². The molecule has 2 N–H and O–H groups in total. The second-order valence-electron chi connectivity index (χ2n) is 7.89. The number of rotatable bonds is 2. The molecule has 0 spiro atoms. The second kappa shape index (κ2) is 8.59. The smallest absolute Gasteiger partial charge is 0.269 e. The zero-order chi connectivity index (χ0) is 22.4. The minimum absolute atomic E-state index is 0. The minimum Gasteiger partial charge on any atom is -0.355 e. The largest absolute Gasteiger partial charge is 0.355 e. The van der Waals surface area contributed by atoms with E-state index < -0.39 is 4.92 Å². The van der Waals surface area contributed by atoms with Gasteiger partial charge in [-0.2, -0.15) is 0 Å². The first-order chi connectivity index (χ1) is 16.1. The van der Waals surface area contributed by atoms with Gasteiger partial charge in [0.1, 0.15) is 0 Å². The van der Waals surface area contributed by atoms with Crippen molar-refractivity contribution >= 4 is 51.6 Å². The third kappa shape index (κ3) is 4.20. The third-order valence-corrected chi connectivity index (χ3v) is 5.55. The Bertz CT molecular complexity index is 1650. The third-order valence-electron chi connectivity index (χ3n) is 5.55. The molecule has 1 aromatic carbocycles. The van der Waals surface area contributed by atoms with Crippen molar-refractivity contribution in [1.82, 2.24) is 19.9 Å². The normalized spacial score (nSPS) is 12.2. The summed E-state index contributed by atoms with van der Waals surface area (Å²) >= 11 is 0. The van der Waals surface area contributed by atoms with E-state index in [1.807, 2.05) is 66.8 Å². The maximum Gasteiger partial charge on any atom is 0.269 e. The van der Waals surface area contributed by atoms with Crippen molar-refractivity contribution in [2.24, 2.45) is 0 Å². The van der Waals surface area contributed by atoms with E-state index in [-0.39, 0.29) is 22.8 Å². The Hall–Kier alpha value is -4.26. The molecule has 0 saturated carbocycles. The van der Waals surface area contributed by atoms with Gasteiger partial charge in [-0.3, -0.25) is 10.1 Å². The van der Waals surface area contributed by atoms with Gasteiger partial charge in [-0.1, -0.05) is 0 Å². The Morgan fingerprint density at radius 2 is 1.21 bits per heavy atom. The zero-order valence-corrected chi connectivity index (χ0v) is 18.8. The average Bonchev–Trinajstić information content (AvgIpc) is 3.59. The van der Waals surface area contributed by atoms with Gasteiger partial charge < -0.3 is 9.97 Å². The number of nitrogens with one attached hydrogen (secondary N) is 2. The Morgan fingerprint density at radius 1 is 0.676 bits per heavy atom. The number of benzene rings is 1. The van der Waals surface area contributed by atoms with Crippen LogP contribution in [0.5, 0.6) is 0 Å². The first kappa shape index (κ1) is 21.6. The van der Waals surface area contributed by atoms with E-state index in [9.17, 15) is 10.1 Å². The average molecular weight is 487 g/mol. The number of aromatic amines is 2. The fraction of sp³-hybridized carbons (Fsp3) is 0. The van der Waals surface area contributed by atoms with Crippen LogP contribution in [0.15, 0.2) is 72.8 Å². The van der Waals surface area contributed by atoms with Crippen molar-refractivity contribution in [1.29, 1.82) is 0 Å². The summed E-state index contributed by atoms with van der Waals surface area (Å²) in [4.78, 5) is 26.9. The summed E-state index contributed by atoms with van der Waals surface area (Å²) in [5.41, 5.74) is 8.88. The van der Waals surface area contributed by atoms with E-state index in [1.165, 1.54) is 12.1 Å². The molecule has 8 heteroatoms. The van der Waals surface area contributed by atoms with Gasteiger partial charge in [0, 0.05) is 56.8 Å². The molecular formula is C26H17FeN5O2. The summed E-state index contributed by atoms with van der Waals surface area (Å²) in [5, 5.41) is 11.1. The molecule has 5 heterocycles. The number of hydrogen-bond donors (Lipinski definition) is 2. The first-order valence-corrected chi connectivity index (χ1v) is 10.4. The van der Waals surface area contributed by atoms with Crippen molar-refractivity contribution in [3.63, 3.8) is 0 Å². The van der Waals surface area contributed by atoms with Crippen molar-refractivity contribution in [2.75, 3.05) is 0 Å². The first-order valence-electron chi connectivity index (χ1n) is 10.4. The van der Waals surface area contributed by atoms with E-state index in [2.05, 4.69) is 15.0 Å². The van der Waals surface area contributed by atoms with E-state index in [0.29, 0.717) is 0 Å². The summed E-state index contributed by atoms with van der Waals surface area (Å²) < 4.78 is 0. The Balaban J connectivity index is 0.00000241. The Morgan fingerprint density at radius 3 is 1.76 bits per heavy atom. The number of aromatic nitrogens is 4.